The first-order valence-electron chi connectivity index (χ1n) is 5.70. The minimum atomic E-state index is -0.829. The molecule has 0 spiro atoms. The lowest BCUT2D eigenvalue weighted by Gasteiger charge is -2.20. The predicted molar refractivity (Wildman–Crippen MR) is 62.3 cm³/mol. The Bertz CT molecular complexity index is 399. The van der Waals surface area contributed by atoms with E-state index in [1.165, 1.54) is 0 Å². The van der Waals surface area contributed by atoms with Crippen LogP contribution >= 0.6 is 11.6 Å². The smallest absolute Gasteiger partial charge is 0.303 e. The fraction of sp³-hybridized carbons (Fsp3) is 0.636. The van der Waals surface area contributed by atoms with E-state index >= 15 is 0 Å². The summed E-state index contributed by atoms with van der Waals surface area (Å²) >= 11 is 6.06. The molecular weight excluding hydrogens is 244 g/mol. The van der Waals surface area contributed by atoms with Gasteiger partial charge in [-0.1, -0.05) is 11.6 Å². The second-order valence-corrected chi connectivity index (χ2v) is 4.53. The highest BCUT2D eigenvalue weighted by molar-refractivity contribution is 6.30. The molecule has 0 saturated carbocycles. The number of nitrogens with zero attached hydrogens (tertiary/aromatic N) is 1. The van der Waals surface area contributed by atoms with E-state index in [4.69, 9.17) is 21.4 Å². The van der Waals surface area contributed by atoms with Crippen LogP contribution in [0, 0.1) is 0 Å². The van der Waals surface area contributed by atoms with Crippen LogP contribution < -0.4 is 0 Å². The number of H-pyrrole nitrogens is 1. The fourth-order valence-corrected chi connectivity index (χ4v) is 2.32. The lowest BCUT2D eigenvalue weighted by atomic mass is 9.97. The van der Waals surface area contributed by atoms with Gasteiger partial charge in [-0.25, -0.2) is 4.98 Å². The molecule has 2 rings (SSSR count). The molecule has 0 atom stereocenters. The zero-order valence-electron chi connectivity index (χ0n) is 9.41. The van der Waals surface area contributed by atoms with Crippen LogP contribution in [-0.2, 0) is 16.0 Å². The van der Waals surface area contributed by atoms with Gasteiger partial charge in [0.15, 0.2) is 5.15 Å². The summed E-state index contributed by atoms with van der Waals surface area (Å²) in [5.74, 6) is 0.173. The standard InChI is InChI=1S/C11H15ClN2O3/c12-11-10(7-3-5-17-6-4-7)13-8(14-11)1-2-9(15)16/h7H,1-6H2,(H,13,14)(H,15,16). The molecule has 2 N–H and O–H groups in total. The largest absolute Gasteiger partial charge is 0.481 e. The monoisotopic (exact) mass is 258 g/mol. The van der Waals surface area contributed by atoms with Gasteiger partial charge in [0, 0.05) is 25.6 Å². The van der Waals surface area contributed by atoms with Gasteiger partial charge in [0.25, 0.3) is 0 Å². The van der Waals surface area contributed by atoms with E-state index in [9.17, 15) is 4.79 Å². The average Bonchev–Trinajstić information content (AvgIpc) is 2.69. The maximum Gasteiger partial charge on any atom is 0.303 e. The molecule has 0 bridgehead atoms. The van der Waals surface area contributed by atoms with Crippen molar-refractivity contribution in [2.45, 2.75) is 31.6 Å². The van der Waals surface area contributed by atoms with Gasteiger partial charge < -0.3 is 14.8 Å². The Balaban J connectivity index is 2.04. The van der Waals surface area contributed by atoms with Crippen molar-refractivity contribution in [1.29, 1.82) is 0 Å². The molecule has 0 radical (unpaired) electrons. The molecule has 2 heterocycles. The zero-order chi connectivity index (χ0) is 12.3. The number of halogens is 1. The highest BCUT2D eigenvalue weighted by atomic mass is 35.5. The first kappa shape index (κ1) is 12.4. The van der Waals surface area contributed by atoms with Gasteiger partial charge in [0.2, 0.25) is 0 Å². The third-order valence-corrected chi connectivity index (χ3v) is 3.23. The molecule has 1 fully saturated rings. The van der Waals surface area contributed by atoms with E-state index in [1.54, 1.807) is 0 Å². The Morgan fingerprint density at radius 1 is 1.53 bits per heavy atom. The number of hydrogen-bond acceptors (Lipinski definition) is 3. The van der Waals surface area contributed by atoms with Crippen LogP contribution in [0.1, 0.15) is 36.7 Å². The minimum Gasteiger partial charge on any atom is -0.481 e. The number of rotatable bonds is 4. The highest BCUT2D eigenvalue weighted by Gasteiger charge is 2.21. The summed E-state index contributed by atoms with van der Waals surface area (Å²) in [5, 5.41) is 9.08. The molecule has 17 heavy (non-hydrogen) atoms. The van der Waals surface area contributed by atoms with Crippen LogP contribution in [0.15, 0.2) is 0 Å². The Labute approximate surface area is 104 Å². The quantitative estimate of drug-likeness (QED) is 0.866. The van der Waals surface area contributed by atoms with Crippen LogP contribution in [0.2, 0.25) is 5.15 Å². The summed E-state index contributed by atoms with van der Waals surface area (Å²) in [4.78, 5) is 17.8. The summed E-state index contributed by atoms with van der Waals surface area (Å²) in [5.41, 5.74) is 0.926. The number of aromatic nitrogens is 2. The number of carbonyl (C=O) groups is 1. The van der Waals surface area contributed by atoms with Crippen molar-refractivity contribution in [3.63, 3.8) is 0 Å². The van der Waals surface area contributed by atoms with Crippen molar-refractivity contribution >= 4 is 17.6 Å². The number of nitrogens with one attached hydrogen (secondary N) is 1. The van der Waals surface area contributed by atoms with Gasteiger partial charge in [-0.05, 0) is 12.8 Å². The van der Waals surface area contributed by atoms with E-state index in [2.05, 4.69) is 9.97 Å². The maximum atomic E-state index is 10.5. The van der Waals surface area contributed by atoms with Crippen molar-refractivity contribution in [3.05, 3.63) is 16.7 Å². The van der Waals surface area contributed by atoms with Crippen LogP contribution in [0.3, 0.4) is 0 Å². The number of carboxylic acids is 1. The molecule has 0 amide bonds. The maximum absolute atomic E-state index is 10.5. The second-order valence-electron chi connectivity index (χ2n) is 4.17. The lowest BCUT2D eigenvalue weighted by molar-refractivity contribution is -0.137. The predicted octanol–water partition coefficient (Wildman–Crippen LogP) is 1.97. The van der Waals surface area contributed by atoms with Crippen molar-refractivity contribution in [2.75, 3.05) is 13.2 Å². The molecule has 1 aromatic rings. The summed E-state index contributed by atoms with van der Waals surface area (Å²) in [6, 6.07) is 0. The van der Waals surface area contributed by atoms with E-state index < -0.39 is 5.97 Å². The summed E-state index contributed by atoms with van der Waals surface area (Å²) in [6.45, 7) is 1.48. The second kappa shape index (κ2) is 5.51. The normalized spacial score (nSPS) is 17.2. The molecule has 6 heteroatoms. The molecule has 5 nitrogen and oxygen atoms in total. The van der Waals surface area contributed by atoms with Crippen LogP contribution in [0.5, 0.6) is 0 Å². The molecule has 0 aliphatic carbocycles. The van der Waals surface area contributed by atoms with Gasteiger partial charge in [-0.2, -0.15) is 0 Å². The molecule has 1 aromatic heterocycles. The van der Waals surface area contributed by atoms with E-state index in [-0.39, 0.29) is 6.42 Å². The molecule has 1 aliphatic rings. The van der Waals surface area contributed by atoms with Gasteiger partial charge in [0.1, 0.15) is 5.82 Å². The lowest BCUT2D eigenvalue weighted by Crippen LogP contribution is -2.14. The fourth-order valence-electron chi connectivity index (χ4n) is 2.01. The Kier molecular flexibility index (Phi) is 4.02. The number of imidazole rings is 1. The topological polar surface area (TPSA) is 75.2 Å². The Morgan fingerprint density at radius 2 is 2.24 bits per heavy atom. The van der Waals surface area contributed by atoms with E-state index in [1.807, 2.05) is 0 Å². The van der Waals surface area contributed by atoms with Gasteiger partial charge >= 0.3 is 5.97 Å². The summed E-state index contributed by atoms with van der Waals surface area (Å²) in [7, 11) is 0. The van der Waals surface area contributed by atoms with Gasteiger partial charge in [-0.3, -0.25) is 4.79 Å². The highest BCUT2D eigenvalue weighted by Crippen LogP contribution is 2.30. The average molecular weight is 259 g/mol. The number of aliphatic carboxylic acids is 1. The van der Waals surface area contributed by atoms with Crippen molar-refractivity contribution in [1.82, 2.24) is 9.97 Å². The van der Waals surface area contributed by atoms with Crippen LogP contribution in [-0.4, -0.2) is 34.3 Å². The number of carboxylic acid groups (broad SMARTS) is 1. The van der Waals surface area contributed by atoms with E-state index in [0.717, 1.165) is 31.7 Å². The summed E-state index contributed by atoms with van der Waals surface area (Å²) in [6.07, 6.45) is 2.32. The van der Waals surface area contributed by atoms with Crippen molar-refractivity contribution in [3.8, 4) is 0 Å². The number of hydrogen-bond donors (Lipinski definition) is 2. The Hall–Kier alpha value is -1.07. The first-order chi connectivity index (χ1) is 8.16. The van der Waals surface area contributed by atoms with Crippen LogP contribution in [0.4, 0.5) is 0 Å². The number of ether oxygens (including phenoxy) is 1. The molecular formula is C11H15ClN2O3. The van der Waals surface area contributed by atoms with Gasteiger partial charge in [0.05, 0.1) is 12.1 Å². The SMILES string of the molecule is O=C(O)CCc1nc(Cl)c(C2CCOCC2)[nH]1. The Morgan fingerprint density at radius 3 is 2.88 bits per heavy atom. The minimum absolute atomic E-state index is 0.0665. The van der Waals surface area contributed by atoms with Crippen molar-refractivity contribution < 1.29 is 14.6 Å². The van der Waals surface area contributed by atoms with E-state index in [0.29, 0.717) is 23.3 Å². The van der Waals surface area contributed by atoms with Crippen LogP contribution in [0.25, 0.3) is 0 Å². The molecule has 1 saturated heterocycles. The third-order valence-electron chi connectivity index (χ3n) is 2.94. The van der Waals surface area contributed by atoms with Crippen molar-refractivity contribution in [2.24, 2.45) is 0 Å². The van der Waals surface area contributed by atoms with Gasteiger partial charge in [-0.15, -0.1) is 0 Å². The number of aromatic amines is 1. The third kappa shape index (κ3) is 3.20. The first-order valence-corrected chi connectivity index (χ1v) is 6.08. The molecule has 1 aliphatic heterocycles. The molecule has 0 aromatic carbocycles. The zero-order valence-corrected chi connectivity index (χ0v) is 10.2. The molecule has 94 valence electrons. The number of aryl methyl sites for hydroxylation is 1. The molecule has 0 unspecified atom stereocenters. The summed E-state index contributed by atoms with van der Waals surface area (Å²) < 4.78 is 5.29.